The molecule has 3 aromatic heterocycles. The normalized spacial score (nSPS) is 11.5. The zero-order valence-electron chi connectivity index (χ0n) is 33.9. The Balaban J connectivity index is 0.000000248. The summed E-state index contributed by atoms with van der Waals surface area (Å²) in [6.45, 7) is 15.3. The van der Waals surface area contributed by atoms with Crippen LogP contribution in [0.2, 0.25) is 0 Å². The number of benzene rings is 7. The van der Waals surface area contributed by atoms with Gasteiger partial charge in [0.2, 0.25) is 0 Å². The summed E-state index contributed by atoms with van der Waals surface area (Å²) in [5.74, 6) is 1.55. The zero-order valence-corrected chi connectivity index (χ0v) is 36.3. The molecule has 0 aliphatic rings. The van der Waals surface area contributed by atoms with E-state index in [1.165, 1.54) is 55.0 Å². The van der Waals surface area contributed by atoms with Crippen molar-refractivity contribution in [2.24, 2.45) is 0 Å². The maximum Gasteiger partial charge on any atom is 0.121 e. The fourth-order valence-corrected chi connectivity index (χ4v) is 8.03. The summed E-state index contributed by atoms with van der Waals surface area (Å²) in [7, 11) is 0. The first kappa shape index (κ1) is 39.0. The second-order valence-electron chi connectivity index (χ2n) is 15.8. The van der Waals surface area contributed by atoms with Gasteiger partial charge in [0.15, 0.2) is 0 Å². The molecule has 0 amide bonds. The summed E-state index contributed by atoms with van der Waals surface area (Å²) in [6, 6.07) is 51.7. The summed E-state index contributed by atoms with van der Waals surface area (Å²) >= 11 is 0. The number of nitrogens with zero attached hydrogens (tertiary/aromatic N) is 3. The van der Waals surface area contributed by atoms with Crippen LogP contribution in [0.1, 0.15) is 67.3 Å². The van der Waals surface area contributed by atoms with Crippen LogP contribution in [-0.2, 0) is 20.1 Å². The molecular weight excluding hydrogens is 887 g/mol. The summed E-state index contributed by atoms with van der Waals surface area (Å²) in [5.41, 5.74) is 14.2. The van der Waals surface area contributed by atoms with Gasteiger partial charge in [0.25, 0.3) is 0 Å². The third kappa shape index (κ3) is 6.93. The fourth-order valence-electron chi connectivity index (χ4n) is 8.03. The Kier molecular flexibility index (Phi) is 10.6. The van der Waals surface area contributed by atoms with Crippen molar-refractivity contribution in [1.29, 1.82) is 0 Å². The molecule has 0 atom stereocenters. The Hall–Kier alpha value is -5.87. The molecule has 3 heterocycles. The maximum absolute atomic E-state index is 6.75. The van der Waals surface area contributed by atoms with E-state index in [-0.39, 0.29) is 20.1 Å². The van der Waals surface area contributed by atoms with Gasteiger partial charge in [-0.15, -0.1) is 53.6 Å². The Morgan fingerprint density at radius 3 is 2.12 bits per heavy atom. The third-order valence-electron chi connectivity index (χ3n) is 11.3. The number of aryl methyl sites for hydroxylation is 3. The van der Waals surface area contributed by atoms with Crippen molar-refractivity contribution in [3.8, 4) is 28.3 Å². The van der Waals surface area contributed by atoms with Gasteiger partial charge in [-0.25, -0.2) is 0 Å². The maximum atomic E-state index is 6.75. The van der Waals surface area contributed by atoms with Crippen molar-refractivity contribution in [2.75, 3.05) is 0 Å². The Labute approximate surface area is 353 Å². The smallest absolute Gasteiger partial charge is 0.121 e. The predicted octanol–water partition coefficient (Wildman–Crippen LogP) is 14.4. The van der Waals surface area contributed by atoms with Crippen LogP contribution in [0.3, 0.4) is 0 Å². The van der Waals surface area contributed by atoms with E-state index in [0.29, 0.717) is 11.8 Å². The number of rotatable bonds is 5. The molecule has 0 saturated carbocycles. The number of imidazole rings is 1. The monoisotopic (exact) mass is 932 g/mol. The average Bonchev–Trinajstić information content (AvgIpc) is 3.79. The number of para-hydroxylation sites is 3. The average molecular weight is 932 g/mol. The SMILES string of the molecule is CC(C)c1cccc(C(C)C)c1-n1c(-c2[c-]ccc3c2oc2cc4c(ccc5ccccc54)cc23)nc2ccccc21.Cc1c[c-]c(-c2cc(C)c(C)cn2)cc1.[Ir]. The summed E-state index contributed by atoms with van der Waals surface area (Å²) in [6.07, 6.45) is 1.92. The van der Waals surface area contributed by atoms with Gasteiger partial charge in [-0.1, -0.05) is 124 Å². The Morgan fingerprint density at radius 1 is 0.638 bits per heavy atom. The number of hydrogen-bond acceptors (Lipinski definition) is 3. The molecular formula is C53H45IrN3O-2. The van der Waals surface area contributed by atoms with Crippen molar-refractivity contribution in [2.45, 2.75) is 60.3 Å². The molecule has 0 saturated heterocycles. The van der Waals surface area contributed by atoms with Crippen LogP contribution in [0.15, 0.2) is 138 Å². The predicted molar refractivity (Wildman–Crippen MR) is 239 cm³/mol. The van der Waals surface area contributed by atoms with Gasteiger partial charge in [-0.3, -0.25) is 4.98 Å². The number of aromatic nitrogens is 3. The molecule has 1 radical (unpaired) electrons. The van der Waals surface area contributed by atoms with E-state index >= 15 is 0 Å². The molecule has 0 spiro atoms. The van der Waals surface area contributed by atoms with Gasteiger partial charge in [-0.2, -0.15) is 0 Å². The van der Waals surface area contributed by atoms with Gasteiger partial charge in [0, 0.05) is 37.4 Å². The number of fused-ring (bicyclic) bond motifs is 7. The molecule has 58 heavy (non-hydrogen) atoms. The van der Waals surface area contributed by atoms with E-state index in [9.17, 15) is 0 Å². The Bertz CT molecular complexity index is 3090. The van der Waals surface area contributed by atoms with Gasteiger partial charge in [-0.05, 0) is 93.9 Å². The van der Waals surface area contributed by atoms with Gasteiger partial charge < -0.3 is 14.0 Å². The van der Waals surface area contributed by atoms with Gasteiger partial charge in [0.05, 0.1) is 22.4 Å². The number of hydrogen-bond donors (Lipinski definition) is 0. The minimum Gasteiger partial charge on any atom is -0.501 e. The first-order valence-electron chi connectivity index (χ1n) is 19.9. The molecule has 0 aliphatic heterocycles. The van der Waals surface area contributed by atoms with Crippen LogP contribution in [0.4, 0.5) is 0 Å². The van der Waals surface area contributed by atoms with E-state index in [1.807, 2.05) is 18.3 Å². The number of pyridine rings is 1. The quantitative estimate of drug-likeness (QED) is 0.128. The summed E-state index contributed by atoms with van der Waals surface area (Å²) in [5, 5.41) is 7.05. The second kappa shape index (κ2) is 15.8. The molecule has 0 unspecified atom stereocenters. The molecule has 0 aliphatic carbocycles. The van der Waals surface area contributed by atoms with Crippen molar-refractivity contribution in [3.63, 3.8) is 0 Å². The fraction of sp³-hybridized carbons (Fsp3) is 0.170. The van der Waals surface area contributed by atoms with Crippen LogP contribution in [0.25, 0.3) is 82.8 Å². The molecule has 10 rings (SSSR count). The summed E-state index contributed by atoms with van der Waals surface area (Å²) < 4.78 is 9.10. The van der Waals surface area contributed by atoms with Crippen LogP contribution in [0, 0.1) is 32.9 Å². The topological polar surface area (TPSA) is 43.9 Å². The van der Waals surface area contributed by atoms with E-state index in [4.69, 9.17) is 9.40 Å². The van der Waals surface area contributed by atoms with Crippen LogP contribution >= 0.6 is 0 Å². The van der Waals surface area contributed by atoms with Crippen molar-refractivity contribution in [3.05, 3.63) is 174 Å². The molecule has 0 fully saturated rings. The standard InChI is InChI=1S/C39H31N2O.C14H14N.Ir/c1-23(2)27-13-9-14-28(24(3)4)37(27)41-35-18-8-7-17-34(35)40-39(41)31-16-10-15-30-33-21-26-20-19-25-11-5-6-12-29(25)32(26)22-36(33)42-38(30)31;1-10-4-6-13(7-5-10)14-8-11(2)12(3)9-15-14;/h5-15,17-24H,1-4H3;4-6,8-9H,1-3H3;/q2*-1;. The molecule has 0 N–H and O–H groups in total. The second-order valence-corrected chi connectivity index (χ2v) is 15.8. The van der Waals surface area contributed by atoms with Crippen LogP contribution in [0.5, 0.6) is 0 Å². The van der Waals surface area contributed by atoms with Crippen LogP contribution < -0.4 is 0 Å². The summed E-state index contributed by atoms with van der Waals surface area (Å²) in [4.78, 5) is 9.66. The van der Waals surface area contributed by atoms with E-state index in [0.717, 1.165) is 55.6 Å². The largest absolute Gasteiger partial charge is 0.501 e. The molecule has 0 bridgehead atoms. The van der Waals surface area contributed by atoms with Crippen molar-refractivity contribution < 1.29 is 24.5 Å². The first-order valence-corrected chi connectivity index (χ1v) is 19.9. The third-order valence-corrected chi connectivity index (χ3v) is 11.3. The minimum absolute atomic E-state index is 0. The van der Waals surface area contributed by atoms with Gasteiger partial charge >= 0.3 is 0 Å². The minimum atomic E-state index is 0. The van der Waals surface area contributed by atoms with E-state index in [1.54, 1.807) is 0 Å². The molecule has 4 nitrogen and oxygen atoms in total. The molecule has 289 valence electrons. The first-order chi connectivity index (χ1) is 27.7. The zero-order chi connectivity index (χ0) is 39.4. The van der Waals surface area contributed by atoms with E-state index < -0.39 is 0 Å². The van der Waals surface area contributed by atoms with E-state index in [2.05, 4.69) is 185 Å². The van der Waals surface area contributed by atoms with Crippen molar-refractivity contribution in [1.82, 2.24) is 14.5 Å². The van der Waals surface area contributed by atoms with Crippen LogP contribution in [-0.4, -0.2) is 14.5 Å². The Morgan fingerprint density at radius 2 is 1.38 bits per heavy atom. The molecule has 5 heteroatoms. The number of furan rings is 1. The molecule has 10 aromatic rings. The van der Waals surface area contributed by atoms with Gasteiger partial charge in [0.1, 0.15) is 5.58 Å². The molecule has 7 aromatic carbocycles. The van der Waals surface area contributed by atoms with Crippen molar-refractivity contribution >= 4 is 54.5 Å².